The summed E-state index contributed by atoms with van der Waals surface area (Å²) in [6.07, 6.45) is -4.60. The molecule has 1 aromatic rings. The van der Waals surface area contributed by atoms with Gasteiger partial charge < -0.3 is 9.72 Å². The normalized spacial score (nSPS) is 12.7. The van der Waals surface area contributed by atoms with Crippen molar-refractivity contribution >= 4 is 22.6 Å². The summed E-state index contributed by atoms with van der Waals surface area (Å²) < 4.78 is 43.0. The first-order valence-corrected chi connectivity index (χ1v) is 6.15. The maximum Gasteiger partial charge on any atom is 0.432 e. The number of halogens is 4. The number of aromatic amines is 1. The Morgan fingerprint density at radius 1 is 1.17 bits per heavy atom. The van der Waals surface area contributed by atoms with Gasteiger partial charge in [0.25, 0.3) is 0 Å². The molecule has 0 spiro atoms. The minimum absolute atomic E-state index is 0.0695. The molecule has 0 aromatic carbocycles. The number of nitrogens with one attached hydrogen (secondary N) is 1. The zero-order chi connectivity index (χ0) is 14.3. The molecule has 0 unspecified atom stereocenters. The molecule has 0 saturated heterocycles. The Morgan fingerprint density at radius 2 is 1.67 bits per heavy atom. The van der Waals surface area contributed by atoms with E-state index in [1.807, 2.05) is 0 Å². The molecule has 0 atom stereocenters. The van der Waals surface area contributed by atoms with Crippen LogP contribution >= 0.6 is 22.6 Å². The predicted octanol–water partition coefficient (Wildman–Crippen LogP) is 3.30. The molecule has 1 aromatic heterocycles. The summed E-state index contributed by atoms with van der Waals surface area (Å²) in [5, 5.41) is 0. The number of hydrogen-bond acceptors (Lipinski definition) is 2. The maximum absolute atomic E-state index is 12.8. The van der Waals surface area contributed by atoms with E-state index in [1.165, 1.54) is 29.7 Å². The summed E-state index contributed by atoms with van der Waals surface area (Å²) in [6, 6.07) is 0. The third-order valence-corrected chi connectivity index (χ3v) is 3.37. The van der Waals surface area contributed by atoms with Gasteiger partial charge in [-0.25, -0.2) is 0 Å². The molecule has 0 aliphatic rings. The van der Waals surface area contributed by atoms with E-state index in [2.05, 4.69) is 4.98 Å². The van der Waals surface area contributed by atoms with Crippen LogP contribution in [0.2, 0.25) is 0 Å². The van der Waals surface area contributed by atoms with Crippen LogP contribution in [-0.4, -0.2) is 12.1 Å². The zero-order valence-corrected chi connectivity index (χ0v) is 12.5. The second-order valence-electron chi connectivity index (χ2n) is 4.80. The Labute approximate surface area is 116 Å². The van der Waals surface area contributed by atoms with Gasteiger partial charge in [-0.2, -0.15) is 13.2 Å². The lowest BCUT2D eigenvalue weighted by atomic mass is 9.90. The van der Waals surface area contributed by atoms with E-state index in [0.29, 0.717) is 0 Å². The average Bonchev–Trinajstić information content (AvgIpc) is 2.17. The highest BCUT2D eigenvalue weighted by Crippen LogP contribution is 2.35. The van der Waals surface area contributed by atoms with Crippen molar-refractivity contribution in [3.8, 4) is 5.75 Å². The Morgan fingerprint density at radius 3 is 2.00 bits per heavy atom. The quantitative estimate of drug-likeness (QED) is 0.766. The third-order valence-electron chi connectivity index (χ3n) is 2.34. The van der Waals surface area contributed by atoms with Gasteiger partial charge in [-0.1, -0.05) is 20.8 Å². The summed E-state index contributed by atoms with van der Waals surface area (Å²) >= 11 is 1.38. The number of alkyl halides is 3. The van der Waals surface area contributed by atoms with Crippen molar-refractivity contribution in [1.29, 1.82) is 0 Å². The summed E-state index contributed by atoms with van der Waals surface area (Å²) in [5.74, 6) is -0.0695. The highest BCUT2D eigenvalue weighted by atomic mass is 127. The molecule has 1 rings (SSSR count). The van der Waals surface area contributed by atoms with Gasteiger partial charge in [0.2, 0.25) is 5.43 Å². The van der Waals surface area contributed by atoms with Gasteiger partial charge in [-0.05, 0) is 22.6 Å². The molecule has 0 radical (unpaired) electrons. The van der Waals surface area contributed by atoms with E-state index in [0.717, 1.165) is 0 Å². The van der Waals surface area contributed by atoms with Crippen LogP contribution in [0.5, 0.6) is 5.75 Å². The first-order chi connectivity index (χ1) is 8.00. The van der Waals surface area contributed by atoms with Gasteiger partial charge in [0.05, 0.1) is 16.4 Å². The zero-order valence-electron chi connectivity index (χ0n) is 10.3. The number of aromatic nitrogens is 1. The lowest BCUT2D eigenvalue weighted by Crippen LogP contribution is -2.27. The van der Waals surface area contributed by atoms with Crippen LogP contribution in [0.15, 0.2) is 4.79 Å². The number of methoxy groups -OCH3 is 1. The lowest BCUT2D eigenvalue weighted by Gasteiger charge is -2.23. The van der Waals surface area contributed by atoms with Crippen molar-refractivity contribution in [2.75, 3.05) is 7.11 Å². The van der Waals surface area contributed by atoms with Crippen LogP contribution in [0, 0.1) is 3.57 Å². The molecule has 0 bridgehead atoms. The van der Waals surface area contributed by atoms with Crippen LogP contribution in [0.3, 0.4) is 0 Å². The van der Waals surface area contributed by atoms with Gasteiger partial charge in [0.15, 0.2) is 5.75 Å². The Kier molecular flexibility index (Phi) is 4.04. The average molecular weight is 375 g/mol. The minimum atomic E-state index is -4.60. The molecule has 0 fully saturated rings. The van der Waals surface area contributed by atoms with Crippen molar-refractivity contribution < 1.29 is 17.9 Å². The molecule has 7 heteroatoms. The molecule has 0 amide bonds. The molecule has 102 valence electrons. The fourth-order valence-corrected chi connectivity index (χ4v) is 2.17. The fraction of sp³-hybridized carbons (Fsp3) is 0.545. The van der Waals surface area contributed by atoms with Gasteiger partial charge in [0, 0.05) is 5.41 Å². The topological polar surface area (TPSA) is 42.1 Å². The molecular formula is C11H13F3INO2. The molecular weight excluding hydrogens is 362 g/mol. The molecule has 0 saturated carbocycles. The highest BCUT2D eigenvalue weighted by Gasteiger charge is 2.38. The second kappa shape index (κ2) is 4.75. The molecule has 1 N–H and O–H groups in total. The van der Waals surface area contributed by atoms with Crippen molar-refractivity contribution in [2.45, 2.75) is 32.4 Å². The van der Waals surface area contributed by atoms with E-state index in [-0.39, 0.29) is 11.4 Å². The van der Waals surface area contributed by atoms with Crippen molar-refractivity contribution in [3.05, 3.63) is 25.2 Å². The Hall–Kier alpha value is -0.730. The van der Waals surface area contributed by atoms with Gasteiger partial charge in [-0.15, -0.1) is 0 Å². The Bertz CT molecular complexity index is 515. The summed E-state index contributed by atoms with van der Waals surface area (Å²) in [6.45, 7) is 5.11. The van der Waals surface area contributed by atoms with Gasteiger partial charge in [0.1, 0.15) is 5.69 Å². The monoisotopic (exact) mass is 375 g/mol. The number of hydrogen-bond donors (Lipinski definition) is 1. The molecule has 0 aliphatic heterocycles. The number of pyridine rings is 1. The molecule has 18 heavy (non-hydrogen) atoms. The number of rotatable bonds is 1. The molecule has 3 nitrogen and oxygen atoms in total. The summed E-state index contributed by atoms with van der Waals surface area (Å²) in [7, 11) is 1.27. The highest BCUT2D eigenvalue weighted by molar-refractivity contribution is 14.1. The summed E-state index contributed by atoms with van der Waals surface area (Å²) in [4.78, 5) is 14.2. The van der Waals surface area contributed by atoms with Crippen LogP contribution in [0.25, 0.3) is 0 Å². The Balaban J connectivity index is 3.74. The van der Waals surface area contributed by atoms with E-state index in [9.17, 15) is 18.0 Å². The van der Waals surface area contributed by atoms with E-state index >= 15 is 0 Å². The van der Waals surface area contributed by atoms with E-state index < -0.39 is 26.3 Å². The summed E-state index contributed by atoms with van der Waals surface area (Å²) in [5.41, 5.74) is -2.29. The SMILES string of the molecule is COc1c(C(C)(C)C)[nH]c(C(F)(F)F)c(I)c1=O. The first-order valence-electron chi connectivity index (χ1n) is 5.07. The van der Waals surface area contributed by atoms with Crippen LogP contribution in [0.1, 0.15) is 32.2 Å². The van der Waals surface area contributed by atoms with Gasteiger partial charge >= 0.3 is 6.18 Å². The van der Waals surface area contributed by atoms with Crippen LogP contribution in [-0.2, 0) is 11.6 Å². The standard InChI is InChI=1S/C11H13F3INO2/c1-10(2,3)9-7(18-4)6(17)5(15)8(16-9)11(12,13)14/h1-4H3,(H,16,17). The van der Waals surface area contributed by atoms with Crippen LogP contribution in [0.4, 0.5) is 13.2 Å². The fourth-order valence-electron chi connectivity index (χ4n) is 1.48. The number of ether oxygens (including phenoxy) is 1. The van der Waals surface area contributed by atoms with Crippen molar-refractivity contribution in [3.63, 3.8) is 0 Å². The predicted molar refractivity (Wildman–Crippen MR) is 70.0 cm³/mol. The van der Waals surface area contributed by atoms with Gasteiger partial charge in [-0.3, -0.25) is 4.79 Å². The maximum atomic E-state index is 12.8. The first kappa shape index (κ1) is 15.3. The minimum Gasteiger partial charge on any atom is -0.491 e. The van der Waals surface area contributed by atoms with Crippen LogP contribution < -0.4 is 10.2 Å². The molecule has 0 aliphatic carbocycles. The van der Waals surface area contributed by atoms with E-state index in [4.69, 9.17) is 4.74 Å². The molecule has 1 heterocycles. The number of H-pyrrole nitrogens is 1. The third kappa shape index (κ3) is 2.81. The second-order valence-corrected chi connectivity index (χ2v) is 5.88. The van der Waals surface area contributed by atoms with Crippen molar-refractivity contribution in [2.24, 2.45) is 0 Å². The van der Waals surface area contributed by atoms with E-state index in [1.54, 1.807) is 20.8 Å². The smallest absolute Gasteiger partial charge is 0.432 e. The lowest BCUT2D eigenvalue weighted by molar-refractivity contribution is -0.142. The van der Waals surface area contributed by atoms with Crippen molar-refractivity contribution in [1.82, 2.24) is 4.98 Å². The largest absolute Gasteiger partial charge is 0.491 e.